The predicted octanol–water partition coefficient (Wildman–Crippen LogP) is -0.237. The minimum absolute atomic E-state index is 0.244. The number of carbonyl (C=O) groups excluding carboxylic acids is 1. The van der Waals surface area contributed by atoms with Crippen molar-refractivity contribution in [2.24, 2.45) is 0 Å². The summed E-state index contributed by atoms with van der Waals surface area (Å²) in [5, 5.41) is 14.7. The van der Waals surface area contributed by atoms with Crippen LogP contribution in [-0.2, 0) is 4.79 Å². The summed E-state index contributed by atoms with van der Waals surface area (Å²) >= 11 is 0. The number of H-pyrrole nitrogens is 1. The van der Waals surface area contributed by atoms with Crippen molar-refractivity contribution in [3.63, 3.8) is 0 Å². The van der Waals surface area contributed by atoms with E-state index in [1.165, 1.54) is 6.92 Å². The van der Waals surface area contributed by atoms with E-state index >= 15 is 0 Å². The van der Waals surface area contributed by atoms with E-state index in [-0.39, 0.29) is 5.82 Å². The summed E-state index contributed by atoms with van der Waals surface area (Å²) in [6.45, 7) is 1.31. The molecule has 2 aromatic rings. The van der Waals surface area contributed by atoms with Crippen LogP contribution in [-0.4, -0.2) is 37.8 Å². The van der Waals surface area contributed by atoms with Gasteiger partial charge in [0.05, 0.1) is 5.69 Å². The molecule has 0 aliphatic rings. The largest absolute Gasteiger partial charge is 0.480 e. The molecule has 0 fully saturated rings. The quantitative estimate of drug-likeness (QED) is 0.712. The topological polar surface area (TPSA) is 117 Å². The van der Waals surface area contributed by atoms with Crippen molar-refractivity contribution in [2.75, 3.05) is 0 Å². The Bertz CT molecular complexity index is 689. The lowest BCUT2D eigenvalue weighted by Gasteiger charge is -2.06. The summed E-state index contributed by atoms with van der Waals surface area (Å²) in [4.78, 5) is 36.4. The molecule has 1 unspecified atom stereocenters. The van der Waals surface area contributed by atoms with Gasteiger partial charge < -0.3 is 10.4 Å². The Balaban J connectivity index is 2.26. The molecule has 0 aliphatic heterocycles. The zero-order valence-electron chi connectivity index (χ0n) is 10.5. The summed E-state index contributed by atoms with van der Waals surface area (Å²) in [6, 6.07) is 7.47. The van der Waals surface area contributed by atoms with Gasteiger partial charge >= 0.3 is 11.7 Å². The maximum atomic E-state index is 11.7. The zero-order valence-corrected chi connectivity index (χ0v) is 10.5. The Morgan fingerprint density at radius 3 is 2.60 bits per heavy atom. The van der Waals surface area contributed by atoms with Crippen LogP contribution < -0.4 is 11.0 Å². The molecule has 3 N–H and O–H groups in total. The first-order chi connectivity index (χ1) is 9.49. The van der Waals surface area contributed by atoms with Crippen LogP contribution in [0.15, 0.2) is 35.1 Å². The number of hydrogen-bond acceptors (Lipinski definition) is 4. The molecule has 8 heteroatoms. The predicted molar refractivity (Wildman–Crippen MR) is 68.7 cm³/mol. The number of nitrogens with zero attached hydrogens (tertiary/aromatic N) is 2. The summed E-state index contributed by atoms with van der Waals surface area (Å²) in [5.74, 6) is -2.18. The number of carboxylic acid groups (broad SMARTS) is 1. The number of aromatic amines is 1. The molecule has 20 heavy (non-hydrogen) atoms. The fraction of sp³-hybridized carbons (Fsp3) is 0.167. The zero-order chi connectivity index (χ0) is 14.7. The van der Waals surface area contributed by atoms with Gasteiger partial charge in [-0.25, -0.2) is 4.79 Å². The van der Waals surface area contributed by atoms with Crippen molar-refractivity contribution in [1.29, 1.82) is 0 Å². The highest BCUT2D eigenvalue weighted by atomic mass is 16.4. The molecule has 104 valence electrons. The first-order valence-electron chi connectivity index (χ1n) is 5.77. The van der Waals surface area contributed by atoms with Crippen LogP contribution in [0.2, 0.25) is 0 Å². The molecular weight excluding hydrogens is 264 g/mol. The van der Waals surface area contributed by atoms with Gasteiger partial charge in [0.1, 0.15) is 6.04 Å². The van der Waals surface area contributed by atoms with Crippen LogP contribution in [0, 0.1) is 0 Å². The van der Waals surface area contributed by atoms with E-state index in [0.717, 1.165) is 4.68 Å². The number of hydrogen-bond donors (Lipinski definition) is 3. The average molecular weight is 276 g/mol. The third kappa shape index (κ3) is 2.74. The second kappa shape index (κ2) is 5.39. The SMILES string of the molecule is CC(NC(=O)c1nn(-c2ccccc2)c(=O)[nH]1)C(=O)O. The highest BCUT2D eigenvalue weighted by Gasteiger charge is 2.19. The third-order valence-electron chi connectivity index (χ3n) is 2.55. The standard InChI is InChI=1S/C12H12N4O4/c1-7(11(18)19)13-10(17)9-14-12(20)16(15-9)8-5-3-2-4-6-8/h2-7H,1H3,(H,13,17)(H,18,19)(H,14,15,20). The van der Waals surface area contributed by atoms with Crippen molar-refractivity contribution in [3.8, 4) is 5.69 Å². The van der Waals surface area contributed by atoms with Crippen LogP contribution in [0.25, 0.3) is 5.69 Å². The maximum Gasteiger partial charge on any atom is 0.348 e. The molecule has 0 saturated heterocycles. The van der Waals surface area contributed by atoms with Crippen LogP contribution in [0.1, 0.15) is 17.5 Å². The number of rotatable bonds is 4. The normalized spacial score (nSPS) is 11.8. The number of aliphatic carboxylic acids is 1. The molecule has 1 heterocycles. The Kier molecular flexibility index (Phi) is 3.65. The lowest BCUT2D eigenvalue weighted by Crippen LogP contribution is -2.38. The first-order valence-corrected chi connectivity index (χ1v) is 5.77. The lowest BCUT2D eigenvalue weighted by atomic mass is 10.3. The molecule has 1 atom stereocenters. The Labute approximate surface area is 113 Å². The number of carboxylic acids is 1. The second-order valence-electron chi connectivity index (χ2n) is 4.06. The number of amides is 1. The van der Waals surface area contributed by atoms with Gasteiger partial charge in [0.25, 0.3) is 5.91 Å². The van der Waals surface area contributed by atoms with Crippen LogP contribution in [0.5, 0.6) is 0 Å². The van der Waals surface area contributed by atoms with E-state index in [9.17, 15) is 14.4 Å². The summed E-state index contributed by atoms with van der Waals surface area (Å²) in [7, 11) is 0. The van der Waals surface area contributed by atoms with E-state index in [1.807, 2.05) is 0 Å². The fourth-order valence-electron chi connectivity index (χ4n) is 1.50. The van der Waals surface area contributed by atoms with Gasteiger partial charge in [-0.2, -0.15) is 4.68 Å². The van der Waals surface area contributed by atoms with Crippen molar-refractivity contribution < 1.29 is 14.7 Å². The molecule has 1 aromatic carbocycles. The minimum Gasteiger partial charge on any atom is -0.480 e. The minimum atomic E-state index is -1.18. The molecule has 8 nitrogen and oxygen atoms in total. The summed E-state index contributed by atoms with van der Waals surface area (Å²) in [6.07, 6.45) is 0. The highest BCUT2D eigenvalue weighted by molar-refractivity contribution is 5.93. The van der Waals surface area contributed by atoms with Crippen molar-refractivity contribution >= 4 is 11.9 Å². The molecule has 0 saturated carbocycles. The van der Waals surface area contributed by atoms with Crippen LogP contribution >= 0.6 is 0 Å². The third-order valence-corrected chi connectivity index (χ3v) is 2.55. The van der Waals surface area contributed by atoms with E-state index in [1.54, 1.807) is 30.3 Å². The Morgan fingerprint density at radius 2 is 2.00 bits per heavy atom. The fourth-order valence-corrected chi connectivity index (χ4v) is 1.50. The molecule has 1 amide bonds. The smallest absolute Gasteiger partial charge is 0.348 e. The van der Waals surface area contributed by atoms with Crippen molar-refractivity contribution in [1.82, 2.24) is 20.1 Å². The van der Waals surface area contributed by atoms with Gasteiger partial charge in [-0.15, -0.1) is 5.10 Å². The van der Waals surface area contributed by atoms with Crippen molar-refractivity contribution in [2.45, 2.75) is 13.0 Å². The van der Waals surface area contributed by atoms with Gasteiger partial charge in [-0.1, -0.05) is 18.2 Å². The molecule has 0 spiro atoms. The van der Waals surface area contributed by atoms with Gasteiger partial charge in [0.15, 0.2) is 0 Å². The monoisotopic (exact) mass is 276 g/mol. The first kappa shape index (κ1) is 13.5. The Morgan fingerprint density at radius 1 is 1.35 bits per heavy atom. The summed E-state index contributed by atoms with van der Waals surface area (Å²) < 4.78 is 1.03. The van der Waals surface area contributed by atoms with Gasteiger partial charge in [-0.05, 0) is 19.1 Å². The van der Waals surface area contributed by atoms with E-state index in [2.05, 4.69) is 15.4 Å². The number of para-hydroxylation sites is 1. The number of benzene rings is 1. The second-order valence-corrected chi connectivity index (χ2v) is 4.06. The molecule has 2 rings (SSSR count). The van der Waals surface area contributed by atoms with Crippen molar-refractivity contribution in [3.05, 3.63) is 46.6 Å². The summed E-state index contributed by atoms with van der Waals surface area (Å²) in [5.41, 5.74) is -0.0802. The lowest BCUT2D eigenvalue weighted by molar-refractivity contribution is -0.138. The van der Waals surface area contributed by atoms with Gasteiger partial charge in [0.2, 0.25) is 5.82 Å². The van der Waals surface area contributed by atoms with Gasteiger partial charge in [-0.3, -0.25) is 14.6 Å². The molecule has 0 radical (unpaired) electrons. The van der Waals surface area contributed by atoms with Crippen LogP contribution in [0.3, 0.4) is 0 Å². The van der Waals surface area contributed by atoms with E-state index in [0.29, 0.717) is 5.69 Å². The number of aromatic nitrogens is 3. The average Bonchev–Trinajstić information content (AvgIpc) is 2.81. The maximum absolute atomic E-state index is 11.7. The van der Waals surface area contributed by atoms with E-state index < -0.39 is 23.6 Å². The molecule has 1 aromatic heterocycles. The number of carbonyl (C=O) groups is 2. The highest BCUT2D eigenvalue weighted by Crippen LogP contribution is 2.02. The number of nitrogens with one attached hydrogen (secondary N) is 2. The van der Waals surface area contributed by atoms with Crippen LogP contribution in [0.4, 0.5) is 0 Å². The molecular formula is C12H12N4O4. The molecule has 0 bridgehead atoms. The molecule has 0 aliphatic carbocycles. The van der Waals surface area contributed by atoms with E-state index in [4.69, 9.17) is 5.11 Å². The van der Waals surface area contributed by atoms with Gasteiger partial charge in [0, 0.05) is 0 Å². The Hall–Kier alpha value is -2.90.